The second-order valence-electron chi connectivity index (χ2n) is 5.24. The Morgan fingerprint density at radius 2 is 1.38 bits per heavy atom. The largest absolute Gasteiger partial charge is 0.416 e. The lowest BCUT2D eigenvalue weighted by atomic mass is 10.1. The van der Waals surface area contributed by atoms with Gasteiger partial charge in [0.2, 0.25) is 0 Å². The van der Waals surface area contributed by atoms with Gasteiger partial charge in [-0.3, -0.25) is 4.55 Å². The average Bonchev–Trinajstić information content (AvgIpc) is 2.43. The van der Waals surface area contributed by atoms with Crippen LogP contribution in [-0.2, 0) is 16.3 Å². The number of alkyl halides is 3. The predicted molar refractivity (Wildman–Crippen MR) is 89.2 cm³/mol. The Balaban J connectivity index is 0.000000254. The van der Waals surface area contributed by atoms with Crippen molar-refractivity contribution in [1.29, 1.82) is 0 Å². The zero-order valence-corrected chi connectivity index (χ0v) is 14.9. The van der Waals surface area contributed by atoms with Crippen LogP contribution in [0.5, 0.6) is 0 Å². The first-order chi connectivity index (χ1) is 10.8. The molecule has 132 valence electrons. The number of halogens is 3. The Kier molecular flexibility index (Phi) is 6.49. The maximum absolute atomic E-state index is 12.0. The topological polar surface area (TPSA) is 54.4 Å². The molecule has 24 heavy (non-hydrogen) atoms. The highest BCUT2D eigenvalue weighted by Gasteiger charge is 2.30. The van der Waals surface area contributed by atoms with Gasteiger partial charge >= 0.3 is 6.18 Å². The molecule has 2 aromatic carbocycles. The van der Waals surface area contributed by atoms with E-state index in [0.717, 1.165) is 4.90 Å². The van der Waals surface area contributed by atoms with Gasteiger partial charge in [0.25, 0.3) is 10.1 Å². The number of thiol groups is 1. The summed E-state index contributed by atoms with van der Waals surface area (Å²) in [6, 6.07) is 6.85. The van der Waals surface area contributed by atoms with E-state index in [1.807, 2.05) is 0 Å². The lowest BCUT2D eigenvalue weighted by Crippen LogP contribution is -2.05. The molecule has 8 heteroatoms. The van der Waals surface area contributed by atoms with Gasteiger partial charge in [-0.2, -0.15) is 21.6 Å². The predicted octanol–water partition coefficient (Wildman–Crippen LogP) is 4.85. The minimum absolute atomic E-state index is 0.564. The molecule has 0 bridgehead atoms. The molecule has 0 radical (unpaired) electrons. The van der Waals surface area contributed by atoms with E-state index in [4.69, 9.17) is 4.55 Å². The van der Waals surface area contributed by atoms with Gasteiger partial charge in [-0.05, 0) is 56.2 Å². The van der Waals surface area contributed by atoms with E-state index in [1.54, 1.807) is 0 Å². The third kappa shape index (κ3) is 5.85. The van der Waals surface area contributed by atoms with Crippen LogP contribution in [0.4, 0.5) is 13.2 Å². The van der Waals surface area contributed by atoms with Crippen LogP contribution in [0.3, 0.4) is 0 Å². The molecular formula is C16H17F3O3S2. The third-order valence-electron chi connectivity index (χ3n) is 3.11. The van der Waals surface area contributed by atoms with E-state index in [1.165, 1.54) is 16.7 Å². The van der Waals surface area contributed by atoms with Crippen molar-refractivity contribution in [2.45, 2.75) is 36.7 Å². The fourth-order valence-corrected chi connectivity index (χ4v) is 2.60. The molecule has 0 aromatic heterocycles. The highest BCUT2D eigenvalue weighted by Crippen LogP contribution is 2.29. The fourth-order valence-electron chi connectivity index (χ4n) is 1.99. The van der Waals surface area contributed by atoms with E-state index >= 15 is 0 Å². The van der Waals surface area contributed by atoms with E-state index in [2.05, 4.69) is 45.5 Å². The van der Waals surface area contributed by atoms with Crippen molar-refractivity contribution in [1.82, 2.24) is 0 Å². The summed E-state index contributed by atoms with van der Waals surface area (Å²) in [5, 5.41) is 0. The molecule has 3 nitrogen and oxygen atoms in total. The van der Waals surface area contributed by atoms with Gasteiger partial charge in [-0.1, -0.05) is 17.7 Å². The molecule has 2 aromatic rings. The van der Waals surface area contributed by atoms with Gasteiger partial charge in [0, 0.05) is 4.90 Å². The van der Waals surface area contributed by atoms with Crippen LogP contribution >= 0.6 is 12.6 Å². The lowest BCUT2D eigenvalue weighted by Gasteiger charge is -2.05. The van der Waals surface area contributed by atoms with Gasteiger partial charge in [0.15, 0.2) is 0 Å². The molecule has 0 atom stereocenters. The Morgan fingerprint density at radius 1 is 0.958 bits per heavy atom. The maximum atomic E-state index is 12.0. The first-order valence-corrected chi connectivity index (χ1v) is 8.62. The molecule has 0 fully saturated rings. The Hall–Kier alpha value is -1.51. The molecule has 2 rings (SSSR count). The summed E-state index contributed by atoms with van der Waals surface area (Å²) >= 11 is 4.36. The highest BCUT2D eigenvalue weighted by atomic mass is 32.2. The van der Waals surface area contributed by atoms with Crippen molar-refractivity contribution < 1.29 is 26.1 Å². The number of hydrogen-bond acceptors (Lipinski definition) is 3. The zero-order chi connectivity index (χ0) is 18.7. The van der Waals surface area contributed by atoms with Crippen molar-refractivity contribution in [3.63, 3.8) is 0 Å². The minimum atomic E-state index is -4.52. The summed E-state index contributed by atoms with van der Waals surface area (Å²) in [6.45, 7) is 6.28. The Labute approximate surface area is 144 Å². The molecular weight excluding hydrogens is 361 g/mol. The van der Waals surface area contributed by atoms with Crippen molar-refractivity contribution in [2.24, 2.45) is 0 Å². The zero-order valence-electron chi connectivity index (χ0n) is 13.2. The van der Waals surface area contributed by atoms with E-state index < -0.39 is 26.8 Å². The van der Waals surface area contributed by atoms with E-state index in [0.29, 0.717) is 24.3 Å². The van der Waals surface area contributed by atoms with Crippen molar-refractivity contribution in [2.75, 3.05) is 0 Å². The first-order valence-electron chi connectivity index (χ1n) is 6.74. The molecule has 0 unspecified atom stereocenters. The fraction of sp³-hybridized carbons (Fsp3) is 0.250. The SMILES string of the molecule is Cc1cc(C)c(S)c(C)c1.O=S(=O)(O)c1ccc(C(F)(F)F)cc1. The van der Waals surface area contributed by atoms with Crippen LogP contribution in [-0.4, -0.2) is 13.0 Å². The van der Waals surface area contributed by atoms with E-state index in [-0.39, 0.29) is 0 Å². The number of benzene rings is 2. The van der Waals surface area contributed by atoms with Gasteiger partial charge < -0.3 is 0 Å². The maximum Gasteiger partial charge on any atom is 0.416 e. The van der Waals surface area contributed by atoms with Gasteiger partial charge in [0.1, 0.15) is 0 Å². The van der Waals surface area contributed by atoms with Crippen LogP contribution in [0.15, 0.2) is 46.2 Å². The van der Waals surface area contributed by atoms with Crippen LogP contribution < -0.4 is 0 Å². The van der Waals surface area contributed by atoms with Crippen molar-refractivity contribution >= 4 is 22.7 Å². The molecule has 0 spiro atoms. The molecule has 0 aliphatic carbocycles. The normalized spacial score (nSPS) is 11.7. The second-order valence-corrected chi connectivity index (χ2v) is 7.11. The first kappa shape index (κ1) is 20.5. The standard InChI is InChI=1S/C9H12S.C7H5F3O3S/c1-6-4-7(2)9(10)8(3)5-6;8-7(9,10)5-1-3-6(4-2-5)14(11,12)13/h4-5,10H,1-3H3;1-4H,(H,11,12,13). The molecule has 0 saturated carbocycles. The summed E-state index contributed by atoms with van der Waals surface area (Å²) in [4.78, 5) is 0.552. The molecule has 0 saturated heterocycles. The molecule has 0 heterocycles. The van der Waals surface area contributed by atoms with Gasteiger partial charge in [-0.25, -0.2) is 0 Å². The van der Waals surface area contributed by atoms with Gasteiger partial charge in [0.05, 0.1) is 10.5 Å². The average molecular weight is 378 g/mol. The summed E-state index contributed by atoms with van der Waals surface area (Å²) < 4.78 is 65.4. The molecule has 0 aliphatic heterocycles. The smallest absolute Gasteiger partial charge is 0.282 e. The van der Waals surface area contributed by atoms with Crippen LogP contribution in [0.1, 0.15) is 22.3 Å². The highest BCUT2D eigenvalue weighted by molar-refractivity contribution is 7.85. The van der Waals surface area contributed by atoms with Crippen LogP contribution in [0.2, 0.25) is 0 Å². The summed E-state index contributed by atoms with van der Waals surface area (Å²) in [6.07, 6.45) is -4.52. The van der Waals surface area contributed by atoms with Crippen LogP contribution in [0, 0.1) is 20.8 Å². The molecule has 0 amide bonds. The third-order valence-corrected chi connectivity index (χ3v) is 4.69. The second kappa shape index (κ2) is 7.58. The quantitative estimate of drug-likeness (QED) is 0.551. The number of rotatable bonds is 1. The minimum Gasteiger partial charge on any atom is -0.282 e. The van der Waals surface area contributed by atoms with Crippen LogP contribution in [0.25, 0.3) is 0 Å². The summed E-state index contributed by atoms with van der Waals surface area (Å²) in [7, 11) is -4.43. The van der Waals surface area contributed by atoms with Crippen molar-refractivity contribution in [3.05, 3.63) is 58.7 Å². The summed E-state index contributed by atoms with van der Waals surface area (Å²) in [5.41, 5.74) is 2.87. The number of hydrogen-bond donors (Lipinski definition) is 2. The summed E-state index contributed by atoms with van der Waals surface area (Å²) in [5.74, 6) is 0. The van der Waals surface area contributed by atoms with Gasteiger partial charge in [-0.15, -0.1) is 12.6 Å². The Morgan fingerprint density at radius 3 is 1.71 bits per heavy atom. The monoisotopic (exact) mass is 378 g/mol. The van der Waals surface area contributed by atoms with Crippen molar-refractivity contribution in [3.8, 4) is 0 Å². The molecule has 1 N–H and O–H groups in total. The lowest BCUT2D eigenvalue weighted by molar-refractivity contribution is -0.137. The number of aryl methyl sites for hydroxylation is 3. The Bertz CT molecular complexity index is 788. The van der Waals surface area contributed by atoms with E-state index in [9.17, 15) is 21.6 Å². The molecule has 0 aliphatic rings.